The van der Waals surface area contributed by atoms with Crippen molar-refractivity contribution in [3.05, 3.63) is 91.0 Å². The minimum Gasteiger partial charge on any atom is -0.490 e. The van der Waals surface area contributed by atoms with Gasteiger partial charge >= 0.3 is 0 Å². The normalized spacial score (nSPS) is 11.1. The zero-order valence-corrected chi connectivity index (χ0v) is 20.5. The van der Waals surface area contributed by atoms with E-state index in [9.17, 15) is 5.26 Å². The van der Waals surface area contributed by atoms with Crippen molar-refractivity contribution in [3.8, 4) is 17.6 Å². The average molecular weight is 574 g/mol. The minimum atomic E-state index is 0.450. The third-order valence-corrected chi connectivity index (χ3v) is 5.75. The van der Waals surface area contributed by atoms with Gasteiger partial charge in [-0.15, -0.1) is 0 Å². The fraction of sp³-hybridized carbons (Fsp3) is 0.160. The Morgan fingerprint density at radius 1 is 1.07 bits per heavy atom. The van der Waals surface area contributed by atoms with Gasteiger partial charge in [-0.25, -0.2) is 0 Å². The molecule has 0 bridgehead atoms. The van der Waals surface area contributed by atoms with E-state index in [1.807, 2.05) is 80.6 Å². The van der Waals surface area contributed by atoms with Gasteiger partial charge in [0.1, 0.15) is 6.61 Å². The highest BCUT2D eigenvalue weighted by Gasteiger charge is 2.13. The van der Waals surface area contributed by atoms with Crippen molar-refractivity contribution in [1.29, 1.82) is 5.26 Å². The molecule has 152 valence electrons. The SMILES string of the molecule is CCOc1cc(/C=C(\C#N)c2ccc(C)cc2)cc(I)c1OCc1ccc(Br)cc1. The van der Waals surface area contributed by atoms with Crippen molar-refractivity contribution < 1.29 is 9.47 Å². The number of allylic oxidation sites excluding steroid dienone is 1. The van der Waals surface area contributed by atoms with Gasteiger partial charge in [0.15, 0.2) is 11.5 Å². The van der Waals surface area contributed by atoms with E-state index < -0.39 is 0 Å². The van der Waals surface area contributed by atoms with Gasteiger partial charge in [-0.3, -0.25) is 0 Å². The molecular formula is C25H21BrINO2. The van der Waals surface area contributed by atoms with E-state index in [4.69, 9.17) is 9.47 Å². The number of halogens is 2. The zero-order valence-electron chi connectivity index (χ0n) is 16.8. The molecule has 3 nitrogen and oxygen atoms in total. The Morgan fingerprint density at radius 2 is 1.77 bits per heavy atom. The van der Waals surface area contributed by atoms with Crippen molar-refractivity contribution >= 4 is 50.2 Å². The standard InChI is InChI=1S/C25H21BrINO2/c1-3-29-24-14-19(12-21(15-28)20-8-4-17(2)5-9-20)13-23(27)25(24)30-16-18-6-10-22(26)11-7-18/h4-14H,3,16H2,1-2H3/b21-12+. The maximum absolute atomic E-state index is 9.66. The Bertz CT molecular complexity index is 1080. The largest absolute Gasteiger partial charge is 0.490 e. The van der Waals surface area contributed by atoms with Gasteiger partial charge in [-0.05, 0) is 83.5 Å². The maximum Gasteiger partial charge on any atom is 0.175 e. The summed E-state index contributed by atoms with van der Waals surface area (Å²) in [6, 6.07) is 22.2. The topological polar surface area (TPSA) is 42.2 Å². The van der Waals surface area contributed by atoms with E-state index in [2.05, 4.69) is 44.6 Å². The minimum absolute atomic E-state index is 0.450. The summed E-state index contributed by atoms with van der Waals surface area (Å²) in [6.07, 6.45) is 1.88. The number of ether oxygens (including phenoxy) is 2. The summed E-state index contributed by atoms with van der Waals surface area (Å²) in [6.45, 7) is 4.95. The Labute approximate surface area is 199 Å². The van der Waals surface area contributed by atoms with Crippen LogP contribution < -0.4 is 9.47 Å². The number of benzene rings is 3. The summed E-state index contributed by atoms with van der Waals surface area (Å²) in [5.41, 5.74) is 4.64. The first-order chi connectivity index (χ1) is 14.5. The quantitative estimate of drug-likeness (QED) is 0.168. The summed E-state index contributed by atoms with van der Waals surface area (Å²) in [4.78, 5) is 0. The lowest BCUT2D eigenvalue weighted by atomic mass is 10.0. The van der Waals surface area contributed by atoms with Gasteiger partial charge in [-0.1, -0.05) is 57.9 Å². The number of aryl methyl sites for hydroxylation is 1. The Hall–Kier alpha value is -2.30. The van der Waals surface area contributed by atoms with Gasteiger partial charge in [0.25, 0.3) is 0 Å². The molecule has 0 aliphatic rings. The second kappa shape index (κ2) is 10.6. The van der Waals surface area contributed by atoms with E-state index in [-0.39, 0.29) is 0 Å². The number of nitrogens with zero attached hydrogens (tertiary/aromatic N) is 1. The predicted molar refractivity (Wildman–Crippen MR) is 133 cm³/mol. The molecule has 0 unspecified atom stereocenters. The molecule has 30 heavy (non-hydrogen) atoms. The van der Waals surface area contributed by atoms with Gasteiger partial charge in [-0.2, -0.15) is 5.26 Å². The van der Waals surface area contributed by atoms with Crippen molar-refractivity contribution in [3.63, 3.8) is 0 Å². The molecule has 3 aromatic carbocycles. The second-order valence-corrected chi connectivity index (χ2v) is 8.79. The molecule has 0 aliphatic heterocycles. The molecule has 0 saturated heterocycles. The van der Waals surface area contributed by atoms with Crippen LogP contribution >= 0.6 is 38.5 Å². The lowest BCUT2D eigenvalue weighted by Gasteiger charge is -2.15. The Kier molecular flexibility index (Phi) is 7.94. The molecule has 0 fully saturated rings. The number of hydrogen-bond donors (Lipinski definition) is 0. The van der Waals surface area contributed by atoms with Crippen LogP contribution in [0.25, 0.3) is 11.6 Å². The summed E-state index contributed by atoms with van der Waals surface area (Å²) >= 11 is 5.70. The summed E-state index contributed by atoms with van der Waals surface area (Å²) < 4.78 is 13.9. The first-order valence-electron chi connectivity index (χ1n) is 9.52. The van der Waals surface area contributed by atoms with E-state index in [1.54, 1.807) is 0 Å². The number of hydrogen-bond acceptors (Lipinski definition) is 3. The molecule has 0 saturated carbocycles. The molecule has 3 rings (SSSR count). The molecule has 0 radical (unpaired) electrons. The van der Waals surface area contributed by atoms with Crippen LogP contribution in [0.3, 0.4) is 0 Å². The van der Waals surface area contributed by atoms with Crippen LogP contribution in [0.1, 0.15) is 29.2 Å². The van der Waals surface area contributed by atoms with Gasteiger partial charge < -0.3 is 9.47 Å². The first kappa shape index (κ1) is 22.4. The highest BCUT2D eigenvalue weighted by atomic mass is 127. The highest BCUT2D eigenvalue weighted by molar-refractivity contribution is 14.1. The summed E-state index contributed by atoms with van der Waals surface area (Å²) in [5, 5.41) is 9.66. The van der Waals surface area contributed by atoms with Gasteiger partial charge in [0, 0.05) is 4.47 Å². The fourth-order valence-electron chi connectivity index (χ4n) is 2.89. The molecule has 0 atom stereocenters. The van der Waals surface area contributed by atoms with Crippen LogP contribution in [-0.2, 0) is 6.61 Å². The zero-order chi connectivity index (χ0) is 21.5. The molecule has 3 aromatic rings. The Balaban J connectivity index is 1.90. The van der Waals surface area contributed by atoms with Crippen molar-refractivity contribution in [2.24, 2.45) is 0 Å². The van der Waals surface area contributed by atoms with Crippen molar-refractivity contribution in [2.45, 2.75) is 20.5 Å². The van der Waals surface area contributed by atoms with Crippen LogP contribution in [-0.4, -0.2) is 6.61 Å². The van der Waals surface area contributed by atoms with Crippen LogP contribution in [0.4, 0.5) is 0 Å². The fourth-order valence-corrected chi connectivity index (χ4v) is 3.94. The lowest BCUT2D eigenvalue weighted by molar-refractivity contribution is 0.267. The molecule has 5 heteroatoms. The second-order valence-electron chi connectivity index (χ2n) is 6.71. The molecule has 0 amide bonds. The molecule has 0 aliphatic carbocycles. The highest BCUT2D eigenvalue weighted by Crippen LogP contribution is 2.36. The smallest absolute Gasteiger partial charge is 0.175 e. The average Bonchev–Trinajstić information content (AvgIpc) is 2.73. The van der Waals surface area contributed by atoms with Crippen LogP contribution in [0.15, 0.2) is 65.1 Å². The number of rotatable bonds is 7. The third-order valence-electron chi connectivity index (χ3n) is 4.42. The summed E-state index contributed by atoms with van der Waals surface area (Å²) in [7, 11) is 0. The maximum atomic E-state index is 9.66. The van der Waals surface area contributed by atoms with Crippen molar-refractivity contribution in [1.82, 2.24) is 0 Å². The predicted octanol–water partition coefficient (Wildman–Crippen LogP) is 7.40. The monoisotopic (exact) mass is 573 g/mol. The van der Waals surface area contributed by atoms with Crippen LogP contribution in [0.5, 0.6) is 11.5 Å². The van der Waals surface area contributed by atoms with Crippen LogP contribution in [0.2, 0.25) is 0 Å². The Morgan fingerprint density at radius 3 is 2.40 bits per heavy atom. The van der Waals surface area contributed by atoms with Crippen molar-refractivity contribution in [2.75, 3.05) is 6.61 Å². The lowest BCUT2D eigenvalue weighted by Crippen LogP contribution is -2.02. The molecular weight excluding hydrogens is 553 g/mol. The third kappa shape index (κ3) is 5.87. The van der Waals surface area contributed by atoms with Crippen LogP contribution in [0, 0.1) is 21.8 Å². The first-order valence-corrected chi connectivity index (χ1v) is 11.4. The van der Waals surface area contributed by atoms with Gasteiger partial charge in [0.05, 0.1) is 21.8 Å². The molecule has 0 heterocycles. The molecule has 0 aromatic heterocycles. The summed E-state index contributed by atoms with van der Waals surface area (Å²) in [5.74, 6) is 1.39. The molecule has 0 spiro atoms. The molecule has 0 N–H and O–H groups in total. The number of nitriles is 1. The van der Waals surface area contributed by atoms with E-state index in [1.165, 1.54) is 0 Å². The van der Waals surface area contributed by atoms with E-state index in [0.29, 0.717) is 30.3 Å². The van der Waals surface area contributed by atoms with E-state index >= 15 is 0 Å². The van der Waals surface area contributed by atoms with E-state index in [0.717, 1.165) is 30.3 Å². The van der Waals surface area contributed by atoms with Gasteiger partial charge in [0.2, 0.25) is 0 Å².